The third-order valence-corrected chi connectivity index (χ3v) is 7.00. The molecule has 1 unspecified atom stereocenters. The maximum absolute atomic E-state index is 13.4. The number of fused-ring (bicyclic) bond motifs is 2. The maximum atomic E-state index is 13.4. The quantitative estimate of drug-likeness (QED) is 0.396. The number of amides is 2. The molecule has 10 nitrogen and oxygen atoms in total. The Hall–Kier alpha value is -4.05. The smallest absolute Gasteiger partial charge is 0.404 e. The standard InChI is InChI=1S/C27H31N5O5/c1-30-24-20(29-25(30)22-14-17-7-4-5-9-21(17)32(22)11-12-36-2)13-18(15-23(24)37-3)26(33)31-10-6-8-19(16-31)28-27(34)35/h4-5,7,9,13-15,19,28H,6,8,10-12,16H2,1-3H3,(H,34,35). The molecule has 1 atom stereocenters. The predicted octanol–water partition coefficient (Wildman–Crippen LogP) is 3.72. The SMILES string of the molecule is COCCn1c(-c2nc3cc(C(=O)N4CCCC(NC(=O)O)C4)cc(OC)c3n2C)cc2ccccc21. The molecule has 3 heterocycles. The Balaban J connectivity index is 1.56. The van der Waals surface area contributed by atoms with Gasteiger partial charge in [-0.25, -0.2) is 9.78 Å². The number of rotatable bonds is 7. The number of hydrogen-bond acceptors (Lipinski definition) is 5. The minimum Gasteiger partial charge on any atom is -0.494 e. The van der Waals surface area contributed by atoms with Crippen LogP contribution in [0.15, 0.2) is 42.5 Å². The Morgan fingerprint density at radius 2 is 2.00 bits per heavy atom. The summed E-state index contributed by atoms with van der Waals surface area (Å²) in [5, 5.41) is 12.7. The van der Waals surface area contributed by atoms with Gasteiger partial charge in [0.15, 0.2) is 5.82 Å². The first-order valence-electron chi connectivity index (χ1n) is 12.3. The normalized spacial score (nSPS) is 15.9. The number of nitrogens with zero attached hydrogens (tertiary/aromatic N) is 4. The molecule has 194 valence electrons. The van der Waals surface area contributed by atoms with E-state index in [4.69, 9.17) is 19.6 Å². The van der Waals surface area contributed by atoms with Crippen molar-refractivity contribution in [1.29, 1.82) is 0 Å². The first-order chi connectivity index (χ1) is 17.9. The summed E-state index contributed by atoms with van der Waals surface area (Å²) in [5.41, 5.74) is 3.96. The van der Waals surface area contributed by atoms with Gasteiger partial charge in [0.25, 0.3) is 5.91 Å². The summed E-state index contributed by atoms with van der Waals surface area (Å²) in [6.45, 7) is 2.14. The van der Waals surface area contributed by atoms with E-state index in [1.807, 2.05) is 23.7 Å². The van der Waals surface area contributed by atoms with E-state index in [0.29, 0.717) is 49.5 Å². The number of carboxylic acid groups (broad SMARTS) is 1. The van der Waals surface area contributed by atoms with Crippen LogP contribution >= 0.6 is 0 Å². The molecule has 2 N–H and O–H groups in total. The summed E-state index contributed by atoms with van der Waals surface area (Å²) in [6, 6.07) is 13.6. The highest BCUT2D eigenvalue weighted by atomic mass is 16.5. The molecule has 1 aliphatic heterocycles. The number of methoxy groups -OCH3 is 2. The van der Waals surface area contributed by atoms with E-state index in [0.717, 1.165) is 34.4 Å². The highest BCUT2D eigenvalue weighted by molar-refractivity contribution is 6.00. The molecule has 0 saturated carbocycles. The molecule has 0 aliphatic carbocycles. The van der Waals surface area contributed by atoms with Gasteiger partial charge in [-0.1, -0.05) is 18.2 Å². The molecule has 1 saturated heterocycles. The van der Waals surface area contributed by atoms with Crippen LogP contribution in [0, 0.1) is 0 Å². The van der Waals surface area contributed by atoms with Gasteiger partial charge < -0.3 is 33.9 Å². The van der Waals surface area contributed by atoms with E-state index in [2.05, 4.69) is 28.1 Å². The van der Waals surface area contributed by atoms with E-state index >= 15 is 0 Å². The van der Waals surface area contributed by atoms with Crippen LogP contribution in [0.4, 0.5) is 4.79 Å². The van der Waals surface area contributed by atoms with Crippen molar-refractivity contribution >= 4 is 33.9 Å². The predicted molar refractivity (Wildman–Crippen MR) is 140 cm³/mol. The van der Waals surface area contributed by atoms with Crippen molar-refractivity contribution in [3.8, 4) is 17.3 Å². The van der Waals surface area contributed by atoms with Gasteiger partial charge in [0, 0.05) is 56.3 Å². The fourth-order valence-electron chi connectivity index (χ4n) is 5.27. The first kappa shape index (κ1) is 24.6. The van der Waals surface area contributed by atoms with Crippen molar-refractivity contribution in [3.63, 3.8) is 0 Å². The molecule has 1 aliphatic rings. The number of nitrogens with one attached hydrogen (secondary N) is 1. The fourth-order valence-corrected chi connectivity index (χ4v) is 5.27. The summed E-state index contributed by atoms with van der Waals surface area (Å²) in [7, 11) is 5.21. The Kier molecular flexibility index (Phi) is 6.75. The van der Waals surface area contributed by atoms with Gasteiger partial charge in [0.05, 0.1) is 24.9 Å². The topological polar surface area (TPSA) is 111 Å². The second-order valence-corrected chi connectivity index (χ2v) is 9.31. The highest BCUT2D eigenvalue weighted by Gasteiger charge is 2.27. The van der Waals surface area contributed by atoms with E-state index in [9.17, 15) is 9.59 Å². The lowest BCUT2D eigenvalue weighted by Gasteiger charge is -2.32. The molecule has 4 aromatic rings. The minimum absolute atomic E-state index is 0.168. The lowest BCUT2D eigenvalue weighted by Crippen LogP contribution is -2.49. The largest absolute Gasteiger partial charge is 0.494 e. The number of benzene rings is 2. The zero-order valence-corrected chi connectivity index (χ0v) is 21.2. The van der Waals surface area contributed by atoms with E-state index < -0.39 is 6.09 Å². The number of carbonyl (C=O) groups excluding carboxylic acids is 1. The fraction of sp³-hybridized carbons (Fsp3) is 0.370. The summed E-state index contributed by atoms with van der Waals surface area (Å²) in [5.74, 6) is 1.14. The third-order valence-electron chi connectivity index (χ3n) is 7.00. The van der Waals surface area contributed by atoms with E-state index in [-0.39, 0.29) is 11.9 Å². The van der Waals surface area contributed by atoms with Crippen LogP contribution < -0.4 is 10.1 Å². The second kappa shape index (κ2) is 10.1. The average Bonchev–Trinajstić information content (AvgIpc) is 3.43. The molecule has 1 fully saturated rings. The van der Waals surface area contributed by atoms with Crippen LogP contribution in [0.1, 0.15) is 23.2 Å². The Labute approximate surface area is 214 Å². The van der Waals surface area contributed by atoms with Crippen molar-refractivity contribution < 1.29 is 24.2 Å². The van der Waals surface area contributed by atoms with E-state index in [1.165, 1.54) is 0 Å². The van der Waals surface area contributed by atoms with Crippen molar-refractivity contribution in [2.24, 2.45) is 7.05 Å². The van der Waals surface area contributed by atoms with Crippen molar-refractivity contribution in [1.82, 2.24) is 24.3 Å². The highest BCUT2D eigenvalue weighted by Crippen LogP contribution is 2.34. The lowest BCUT2D eigenvalue weighted by molar-refractivity contribution is 0.0692. The number of hydrogen-bond donors (Lipinski definition) is 2. The number of ether oxygens (including phenoxy) is 2. The Bertz CT molecular complexity index is 1470. The monoisotopic (exact) mass is 505 g/mol. The van der Waals surface area contributed by atoms with E-state index in [1.54, 1.807) is 31.3 Å². The summed E-state index contributed by atoms with van der Waals surface area (Å²) < 4.78 is 15.3. The number of carbonyl (C=O) groups is 2. The molecule has 2 aromatic heterocycles. The van der Waals surface area contributed by atoms with Gasteiger partial charge in [-0.15, -0.1) is 0 Å². The Morgan fingerprint density at radius 3 is 2.76 bits per heavy atom. The van der Waals surface area contributed by atoms with Crippen LogP contribution in [0.2, 0.25) is 0 Å². The van der Waals surface area contributed by atoms with Crippen LogP contribution in [-0.2, 0) is 18.3 Å². The maximum Gasteiger partial charge on any atom is 0.404 e. The minimum atomic E-state index is -1.08. The molecule has 0 radical (unpaired) electrons. The number of piperidine rings is 1. The molecule has 37 heavy (non-hydrogen) atoms. The zero-order chi connectivity index (χ0) is 26.1. The molecular formula is C27H31N5O5. The van der Waals surface area contributed by atoms with Gasteiger partial charge in [0.2, 0.25) is 0 Å². The van der Waals surface area contributed by atoms with Crippen molar-refractivity contribution in [3.05, 3.63) is 48.0 Å². The van der Waals surface area contributed by atoms with Crippen LogP contribution in [0.25, 0.3) is 33.5 Å². The molecule has 5 rings (SSSR count). The third kappa shape index (κ3) is 4.60. The molecule has 0 spiro atoms. The average molecular weight is 506 g/mol. The number of para-hydroxylation sites is 1. The van der Waals surface area contributed by atoms with Crippen LogP contribution in [0.3, 0.4) is 0 Å². The van der Waals surface area contributed by atoms with Gasteiger partial charge in [0.1, 0.15) is 11.3 Å². The van der Waals surface area contributed by atoms with Gasteiger partial charge in [-0.2, -0.15) is 0 Å². The molecule has 0 bridgehead atoms. The van der Waals surface area contributed by atoms with Gasteiger partial charge >= 0.3 is 6.09 Å². The second-order valence-electron chi connectivity index (χ2n) is 9.31. The molecule has 2 aromatic carbocycles. The molecule has 2 amide bonds. The first-order valence-corrected chi connectivity index (χ1v) is 12.3. The number of aromatic nitrogens is 3. The van der Waals surface area contributed by atoms with Gasteiger partial charge in [-0.3, -0.25) is 4.79 Å². The van der Waals surface area contributed by atoms with Gasteiger partial charge in [-0.05, 0) is 37.1 Å². The summed E-state index contributed by atoms with van der Waals surface area (Å²) in [6.07, 6.45) is 0.362. The van der Waals surface area contributed by atoms with Crippen molar-refractivity contribution in [2.75, 3.05) is 33.9 Å². The van der Waals surface area contributed by atoms with Crippen molar-refractivity contribution in [2.45, 2.75) is 25.4 Å². The number of imidazole rings is 1. The number of likely N-dealkylation sites (tertiary alicyclic amines) is 1. The Morgan fingerprint density at radius 1 is 1.19 bits per heavy atom. The van der Waals surface area contributed by atoms with Crippen LogP contribution in [0.5, 0.6) is 5.75 Å². The molecule has 10 heteroatoms. The summed E-state index contributed by atoms with van der Waals surface area (Å²) in [4.78, 5) is 31.2. The summed E-state index contributed by atoms with van der Waals surface area (Å²) >= 11 is 0. The molecular weight excluding hydrogens is 474 g/mol. The van der Waals surface area contributed by atoms with Crippen LogP contribution in [-0.4, -0.2) is 76.1 Å². The lowest BCUT2D eigenvalue weighted by atomic mass is 10.0. The number of aryl methyl sites for hydroxylation is 1. The zero-order valence-electron chi connectivity index (χ0n) is 21.2.